The molecule has 100 valence electrons. The zero-order valence-electron chi connectivity index (χ0n) is 11.0. The fraction of sp³-hybridized carbons (Fsp3) is 0.500. The molecule has 0 aliphatic heterocycles. The lowest BCUT2D eigenvalue weighted by Gasteiger charge is -2.25. The number of nitrogens with one attached hydrogen (secondary N) is 1. The van der Waals surface area contributed by atoms with Gasteiger partial charge in [0.1, 0.15) is 6.04 Å². The summed E-state index contributed by atoms with van der Waals surface area (Å²) >= 11 is 0. The van der Waals surface area contributed by atoms with E-state index in [-0.39, 0.29) is 5.91 Å². The molecule has 2 atom stereocenters. The van der Waals surface area contributed by atoms with Crippen molar-refractivity contribution in [1.29, 1.82) is 0 Å². The number of aliphatic hydroxyl groups is 1. The Hall–Kier alpha value is -1.66. The fourth-order valence-electron chi connectivity index (χ4n) is 1.68. The Labute approximate surface area is 107 Å². The molecule has 0 saturated carbocycles. The van der Waals surface area contributed by atoms with Gasteiger partial charge in [0, 0.05) is 6.07 Å². The van der Waals surface area contributed by atoms with Crippen LogP contribution in [0.25, 0.3) is 0 Å². The minimum Gasteiger partial charge on any atom is -0.481 e. The normalized spacial score (nSPS) is 14.1. The summed E-state index contributed by atoms with van der Waals surface area (Å²) < 4.78 is 4.93. The number of hydrogen-bond donors (Lipinski definition) is 2. The molecule has 1 amide bonds. The molecule has 0 aliphatic carbocycles. The van der Waals surface area contributed by atoms with Crippen molar-refractivity contribution >= 4 is 11.6 Å². The summed E-state index contributed by atoms with van der Waals surface area (Å²) in [7, 11) is 5.00. The summed E-state index contributed by atoms with van der Waals surface area (Å²) in [5.41, 5.74) is 0.563. The second kappa shape index (κ2) is 6.32. The largest absolute Gasteiger partial charge is 0.481 e. The molecular formula is C12H19N3O3. The van der Waals surface area contributed by atoms with E-state index in [1.54, 1.807) is 38.1 Å². The van der Waals surface area contributed by atoms with Crippen LogP contribution in [0.4, 0.5) is 5.69 Å². The lowest BCUT2D eigenvalue weighted by molar-refractivity contribution is -0.123. The number of methoxy groups -OCH3 is 1. The molecule has 2 N–H and O–H groups in total. The Balaban J connectivity index is 2.73. The lowest BCUT2D eigenvalue weighted by atomic mass is 10.1. The first kappa shape index (κ1) is 14.4. The van der Waals surface area contributed by atoms with E-state index in [1.165, 1.54) is 13.3 Å². The van der Waals surface area contributed by atoms with Gasteiger partial charge in [-0.3, -0.25) is 9.69 Å². The summed E-state index contributed by atoms with van der Waals surface area (Å²) in [5, 5.41) is 12.3. The maximum absolute atomic E-state index is 12.0. The van der Waals surface area contributed by atoms with Crippen molar-refractivity contribution < 1.29 is 14.6 Å². The van der Waals surface area contributed by atoms with E-state index in [0.717, 1.165) is 0 Å². The third-order valence-electron chi connectivity index (χ3n) is 2.49. The first-order valence-electron chi connectivity index (χ1n) is 5.61. The van der Waals surface area contributed by atoms with E-state index in [4.69, 9.17) is 4.74 Å². The lowest BCUT2D eigenvalue weighted by Crippen LogP contribution is -2.46. The van der Waals surface area contributed by atoms with Gasteiger partial charge in [-0.25, -0.2) is 4.98 Å². The van der Waals surface area contributed by atoms with Gasteiger partial charge in [0.25, 0.3) is 0 Å². The van der Waals surface area contributed by atoms with Crippen molar-refractivity contribution in [3.05, 3.63) is 18.3 Å². The number of carbonyl (C=O) groups is 1. The monoisotopic (exact) mass is 253 g/mol. The van der Waals surface area contributed by atoms with Gasteiger partial charge in [0.15, 0.2) is 0 Å². The quantitative estimate of drug-likeness (QED) is 0.791. The zero-order chi connectivity index (χ0) is 13.7. The highest BCUT2D eigenvalue weighted by Crippen LogP contribution is 2.12. The molecule has 1 aromatic heterocycles. The van der Waals surface area contributed by atoms with Crippen molar-refractivity contribution in [2.45, 2.75) is 19.1 Å². The van der Waals surface area contributed by atoms with Crippen LogP contribution >= 0.6 is 0 Å². The predicted molar refractivity (Wildman–Crippen MR) is 68.6 cm³/mol. The number of ether oxygens (including phenoxy) is 1. The molecule has 6 heteroatoms. The number of aliphatic hydroxyl groups excluding tert-OH is 1. The van der Waals surface area contributed by atoms with Crippen LogP contribution < -0.4 is 10.1 Å². The molecule has 0 bridgehead atoms. The molecule has 0 unspecified atom stereocenters. The third kappa shape index (κ3) is 3.68. The van der Waals surface area contributed by atoms with Crippen molar-refractivity contribution in [2.24, 2.45) is 0 Å². The number of likely N-dealkylation sites (N-methyl/N-ethyl adjacent to an activating group) is 1. The van der Waals surface area contributed by atoms with Crippen LogP contribution in [0, 0.1) is 0 Å². The highest BCUT2D eigenvalue weighted by molar-refractivity contribution is 5.95. The van der Waals surface area contributed by atoms with E-state index < -0.39 is 12.1 Å². The number of nitrogens with zero attached hydrogens (tertiary/aromatic N) is 2. The van der Waals surface area contributed by atoms with Crippen LogP contribution in [0.2, 0.25) is 0 Å². The molecule has 6 nitrogen and oxygen atoms in total. The van der Waals surface area contributed by atoms with Gasteiger partial charge in [-0.1, -0.05) is 0 Å². The molecule has 0 spiro atoms. The number of anilines is 1. The van der Waals surface area contributed by atoms with E-state index in [1.807, 2.05) is 0 Å². The first-order valence-corrected chi connectivity index (χ1v) is 5.61. The Morgan fingerprint density at radius 2 is 2.17 bits per heavy atom. The molecule has 0 radical (unpaired) electrons. The van der Waals surface area contributed by atoms with E-state index in [9.17, 15) is 9.90 Å². The Kier molecular flexibility index (Phi) is 5.06. The number of amides is 1. The smallest absolute Gasteiger partial charge is 0.244 e. The highest BCUT2D eigenvalue weighted by Gasteiger charge is 2.25. The van der Waals surface area contributed by atoms with E-state index in [2.05, 4.69) is 10.3 Å². The van der Waals surface area contributed by atoms with Gasteiger partial charge in [-0.2, -0.15) is 0 Å². The molecule has 1 aromatic rings. The molecule has 18 heavy (non-hydrogen) atoms. The van der Waals surface area contributed by atoms with Crippen LogP contribution in [0.5, 0.6) is 5.88 Å². The summed E-state index contributed by atoms with van der Waals surface area (Å²) in [4.78, 5) is 17.6. The molecular weight excluding hydrogens is 234 g/mol. The highest BCUT2D eigenvalue weighted by atomic mass is 16.5. The standard InChI is InChI=1S/C12H19N3O3/c1-8(16)11(15(2)3)12(17)14-9-5-6-10(18-4)13-7-9/h5-8,11,16H,1-4H3,(H,14,17)/t8-,11+/m0/s1. The predicted octanol–water partition coefficient (Wildman–Crippen LogP) is 0.340. The number of hydrogen-bond acceptors (Lipinski definition) is 5. The van der Waals surface area contributed by atoms with Crippen LogP contribution in [0.15, 0.2) is 18.3 Å². The SMILES string of the molecule is COc1ccc(NC(=O)[C@@H]([C@H](C)O)N(C)C)cn1. The summed E-state index contributed by atoms with van der Waals surface area (Å²) in [6, 6.07) is 2.74. The summed E-state index contributed by atoms with van der Waals surface area (Å²) in [6.45, 7) is 1.58. The van der Waals surface area contributed by atoms with Crippen LogP contribution in [-0.4, -0.2) is 54.2 Å². The fourth-order valence-corrected chi connectivity index (χ4v) is 1.68. The van der Waals surface area contributed by atoms with Crippen molar-refractivity contribution in [3.63, 3.8) is 0 Å². The Morgan fingerprint density at radius 1 is 1.50 bits per heavy atom. The molecule has 1 heterocycles. The van der Waals surface area contributed by atoms with Crippen LogP contribution in [0.3, 0.4) is 0 Å². The molecule has 0 aromatic carbocycles. The van der Waals surface area contributed by atoms with Gasteiger partial charge >= 0.3 is 0 Å². The third-order valence-corrected chi connectivity index (χ3v) is 2.49. The molecule has 0 fully saturated rings. The van der Waals surface area contributed by atoms with Crippen LogP contribution in [-0.2, 0) is 4.79 Å². The van der Waals surface area contributed by atoms with Gasteiger partial charge in [0.05, 0.1) is 25.1 Å². The summed E-state index contributed by atoms with van der Waals surface area (Å²) in [6.07, 6.45) is 0.747. The number of pyridine rings is 1. The molecule has 0 saturated heterocycles. The topological polar surface area (TPSA) is 74.7 Å². The minimum atomic E-state index is -0.758. The number of rotatable bonds is 5. The Bertz CT molecular complexity index is 382. The van der Waals surface area contributed by atoms with Gasteiger partial charge < -0.3 is 15.2 Å². The zero-order valence-corrected chi connectivity index (χ0v) is 11.0. The second-order valence-corrected chi connectivity index (χ2v) is 4.23. The average Bonchev–Trinajstić information content (AvgIpc) is 2.28. The van der Waals surface area contributed by atoms with E-state index in [0.29, 0.717) is 11.6 Å². The first-order chi connectivity index (χ1) is 8.45. The van der Waals surface area contributed by atoms with Crippen molar-refractivity contribution in [3.8, 4) is 5.88 Å². The van der Waals surface area contributed by atoms with E-state index >= 15 is 0 Å². The summed E-state index contributed by atoms with van der Waals surface area (Å²) in [5.74, 6) is 0.203. The minimum absolute atomic E-state index is 0.276. The van der Waals surface area contributed by atoms with Gasteiger partial charge in [-0.05, 0) is 27.1 Å². The van der Waals surface area contributed by atoms with Crippen LogP contribution in [0.1, 0.15) is 6.92 Å². The molecule has 0 aliphatic rings. The Morgan fingerprint density at radius 3 is 2.56 bits per heavy atom. The van der Waals surface area contributed by atoms with Gasteiger partial charge in [0.2, 0.25) is 11.8 Å². The maximum Gasteiger partial charge on any atom is 0.244 e. The average molecular weight is 253 g/mol. The maximum atomic E-state index is 12.0. The number of aromatic nitrogens is 1. The molecule has 1 rings (SSSR count). The number of carbonyl (C=O) groups excluding carboxylic acids is 1. The van der Waals surface area contributed by atoms with Gasteiger partial charge in [-0.15, -0.1) is 0 Å². The van der Waals surface area contributed by atoms with Crippen molar-refractivity contribution in [2.75, 3.05) is 26.5 Å². The van der Waals surface area contributed by atoms with Crippen molar-refractivity contribution in [1.82, 2.24) is 9.88 Å². The second-order valence-electron chi connectivity index (χ2n) is 4.23.